The molecule has 0 heterocycles. The number of hydrogen-bond acceptors (Lipinski definition) is 3. The van der Waals surface area contributed by atoms with E-state index < -0.39 is 13.1 Å². The zero-order valence-corrected chi connectivity index (χ0v) is 5.57. The van der Waals surface area contributed by atoms with Gasteiger partial charge in [0.1, 0.15) is 11.6 Å². The third-order valence-electron chi connectivity index (χ3n) is 1.06. The molecule has 0 saturated carbocycles. The molecular formula is C6H7BFNaO3. The first-order valence-corrected chi connectivity index (χ1v) is 2.97. The Bertz CT molecular complexity index is 229. The molecule has 0 atom stereocenters. The molecule has 0 aliphatic heterocycles. The number of halogens is 1. The molecule has 0 saturated heterocycles. The normalized spacial score (nSPS) is 8.58. The van der Waals surface area contributed by atoms with E-state index in [1.807, 2.05) is 0 Å². The Morgan fingerprint density at radius 3 is 2.08 bits per heavy atom. The summed E-state index contributed by atoms with van der Waals surface area (Å²) in [6.45, 7) is 0. The summed E-state index contributed by atoms with van der Waals surface area (Å²) in [7, 11) is -1.86. The molecule has 0 radical (unpaired) electrons. The molecule has 1 rings (SSSR count). The van der Waals surface area contributed by atoms with Gasteiger partial charge in [0.25, 0.3) is 0 Å². The SMILES string of the molecule is OB(O)Oc1ccc(F)cc1.[NaH]. The van der Waals surface area contributed by atoms with Gasteiger partial charge in [-0.15, -0.1) is 0 Å². The molecule has 0 amide bonds. The van der Waals surface area contributed by atoms with Gasteiger partial charge in [0.05, 0.1) is 0 Å². The Hall–Kier alpha value is -0.0651. The van der Waals surface area contributed by atoms with Crippen LogP contribution in [0.1, 0.15) is 0 Å². The van der Waals surface area contributed by atoms with Crippen molar-refractivity contribution in [2.45, 2.75) is 0 Å². The second kappa shape index (κ2) is 5.56. The van der Waals surface area contributed by atoms with E-state index in [1.54, 1.807) is 0 Å². The second-order valence-corrected chi connectivity index (χ2v) is 1.90. The van der Waals surface area contributed by atoms with Crippen molar-refractivity contribution < 1.29 is 19.1 Å². The fourth-order valence-electron chi connectivity index (χ4n) is 0.635. The van der Waals surface area contributed by atoms with Gasteiger partial charge in [-0.1, -0.05) is 0 Å². The van der Waals surface area contributed by atoms with Crippen LogP contribution in [0.4, 0.5) is 4.39 Å². The van der Waals surface area contributed by atoms with Crippen molar-refractivity contribution in [3.63, 3.8) is 0 Å². The maximum absolute atomic E-state index is 12.2. The van der Waals surface area contributed by atoms with Gasteiger partial charge in [-0.3, -0.25) is 0 Å². The molecule has 1 aromatic rings. The molecule has 0 bridgehead atoms. The first kappa shape index (κ1) is 11.9. The van der Waals surface area contributed by atoms with Gasteiger partial charge in [-0.05, 0) is 24.3 Å². The van der Waals surface area contributed by atoms with Crippen LogP contribution < -0.4 is 4.65 Å². The van der Waals surface area contributed by atoms with Crippen LogP contribution >= 0.6 is 0 Å². The monoisotopic (exact) mass is 180 g/mol. The summed E-state index contributed by atoms with van der Waals surface area (Å²) >= 11 is 0. The van der Waals surface area contributed by atoms with Crippen LogP contribution in [0.3, 0.4) is 0 Å². The molecule has 0 aromatic heterocycles. The third-order valence-corrected chi connectivity index (χ3v) is 1.06. The van der Waals surface area contributed by atoms with Crippen LogP contribution in [-0.2, 0) is 0 Å². The van der Waals surface area contributed by atoms with Gasteiger partial charge in [0, 0.05) is 0 Å². The van der Waals surface area contributed by atoms with E-state index >= 15 is 0 Å². The maximum atomic E-state index is 12.2. The van der Waals surface area contributed by atoms with E-state index in [9.17, 15) is 4.39 Å². The van der Waals surface area contributed by atoms with Crippen molar-refractivity contribution in [1.29, 1.82) is 0 Å². The third kappa shape index (κ3) is 4.08. The first-order chi connectivity index (χ1) is 5.18. The van der Waals surface area contributed by atoms with Crippen LogP contribution in [-0.4, -0.2) is 46.9 Å². The molecule has 2 N–H and O–H groups in total. The zero-order chi connectivity index (χ0) is 8.27. The van der Waals surface area contributed by atoms with E-state index in [2.05, 4.69) is 4.65 Å². The fourth-order valence-corrected chi connectivity index (χ4v) is 0.635. The van der Waals surface area contributed by atoms with Crippen molar-refractivity contribution in [3.05, 3.63) is 30.1 Å². The van der Waals surface area contributed by atoms with Crippen molar-refractivity contribution in [2.75, 3.05) is 0 Å². The Kier molecular flexibility index (Phi) is 5.53. The Balaban J connectivity index is 0.00000121. The summed E-state index contributed by atoms with van der Waals surface area (Å²) in [5.41, 5.74) is 0. The molecule has 0 spiro atoms. The molecule has 6 heteroatoms. The van der Waals surface area contributed by atoms with Crippen LogP contribution in [0.2, 0.25) is 0 Å². The standard InChI is InChI=1S/C6H6BFO3.Na.H/c8-5-1-3-6(4-2-5)11-7(9)10;;/h1-4,9-10H;;. The summed E-state index contributed by atoms with van der Waals surface area (Å²) < 4.78 is 16.7. The van der Waals surface area contributed by atoms with Crippen LogP contribution in [0.25, 0.3) is 0 Å². The van der Waals surface area contributed by atoms with Gasteiger partial charge in [0.15, 0.2) is 0 Å². The van der Waals surface area contributed by atoms with Gasteiger partial charge in [0.2, 0.25) is 0 Å². The molecule has 0 unspecified atom stereocenters. The van der Waals surface area contributed by atoms with Gasteiger partial charge >= 0.3 is 36.9 Å². The predicted octanol–water partition coefficient (Wildman–Crippen LogP) is -0.475. The Morgan fingerprint density at radius 1 is 1.17 bits per heavy atom. The van der Waals surface area contributed by atoms with Crippen LogP contribution in [0, 0.1) is 5.82 Å². The minimum atomic E-state index is -1.86. The Labute approximate surface area is 91.6 Å². The van der Waals surface area contributed by atoms with E-state index in [4.69, 9.17) is 10.0 Å². The van der Waals surface area contributed by atoms with Gasteiger partial charge in [-0.2, -0.15) is 0 Å². The fraction of sp³-hybridized carbons (Fsp3) is 0. The van der Waals surface area contributed by atoms with Crippen LogP contribution in [0.15, 0.2) is 24.3 Å². The summed E-state index contributed by atoms with van der Waals surface area (Å²) in [6.07, 6.45) is 0. The summed E-state index contributed by atoms with van der Waals surface area (Å²) in [6, 6.07) is 4.93. The van der Waals surface area contributed by atoms with Crippen molar-refractivity contribution in [1.82, 2.24) is 0 Å². The van der Waals surface area contributed by atoms with E-state index in [1.165, 1.54) is 12.1 Å². The predicted molar refractivity (Wildman–Crippen MR) is 44.4 cm³/mol. The molecular weight excluding hydrogens is 173 g/mol. The second-order valence-electron chi connectivity index (χ2n) is 1.90. The molecule has 3 nitrogen and oxygen atoms in total. The topological polar surface area (TPSA) is 49.7 Å². The average molecular weight is 180 g/mol. The molecule has 0 aliphatic rings. The van der Waals surface area contributed by atoms with Gasteiger partial charge in [-0.25, -0.2) is 4.39 Å². The zero-order valence-electron chi connectivity index (χ0n) is 5.57. The van der Waals surface area contributed by atoms with Gasteiger partial charge < -0.3 is 14.7 Å². The minimum absolute atomic E-state index is 0. The average Bonchev–Trinajstić information content (AvgIpc) is 1.93. The molecule has 12 heavy (non-hydrogen) atoms. The van der Waals surface area contributed by atoms with E-state index in [-0.39, 0.29) is 35.3 Å². The van der Waals surface area contributed by atoms with Crippen molar-refractivity contribution in [2.24, 2.45) is 0 Å². The number of rotatable bonds is 2. The van der Waals surface area contributed by atoms with Crippen molar-refractivity contribution in [3.8, 4) is 5.75 Å². The summed E-state index contributed by atoms with van der Waals surface area (Å²) in [5.74, 6) is -0.189. The molecule has 0 fully saturated rings. The van der Waals surface area contributed by atoms with Crippen molar-refractivity contribution >= 4 is 36.9 Å². The molecule has 0 aliphatic carbocycles. The molecule has 60 valence electrons. The quantitative estimate of drug-likeness (QED) is 0.604. The number of benzene rings is 1. The molecule has 1 aromatic carbocycles. The summed E-state index contributed by atoms with van der Waals surface area (Å²) in [5, 5.41) is 16.6. The van der Waals surface area contributed by atoms with E-state index in [0.717, 1.165) is 12.1 Å². The van der Waals surface area contributed by atoms with E-state index in [0.29, 0.717) is 0 Å². The Morgan fingerprint density at radius 2 is 1.67 bits per heavy atom. The first-order valence-electron chi connectivity index (χ1n) is 2.97. The van der Waals surface area contributed by atoms with Crippen LogP contribution in [0.5, 0.6) is 5.75 Å². The number of hydrogen-bond donors (Lipinski definition) is 2. The summed E-state index contributed by atoms with van der Waals surface area (Å²) in [4.78, 5) is 0.